The number of hydrogen-bond acceptors (Lipinski definition) is 8. The van der Waals surface area contributed by atoms with Crippen LogP contribution in [0.3, 0.4) is 0 Å². The van der Waals surface area contributed by atoms with Crippen molar-refractivity contribution in [2.45, 2.75) is 16.2 Å². The van der Waals surface area contributed by atoms with Gasteiger partial charge in [0.05, 0.1) is 20.8 Å². The molecule has 0 aromatic heterocycles. The van der Waals surface area contributed by atoms with Gasteiger partial charge in [-0.15, -0.1) is 0 Å². The Morgan fingerprint density at radius 1 is 0.744 bits per heavy atom. The number of rotatable bonds is 10. The van der Waals surface area contributed by atoms with Gasteiger partial charge in [-0.1, -0.05) is 72.8 Å². The second-order valence-corrected chi connectivity index (χ2v) is 10.5. The molecule has 0 aliphatic rings. The van der Waals surface area contributed by atoms with Crippen molar-refractivity contribution in [3.05, 3.63) is 146 Å². The Labute approximate surface area is 223 Å². The van der Waals surface area contributed by atoms with E-state index in [1.54, 1.807) is 24.3 Å². The molecule has 0 bridgehead atoms. The summed E-state index contributed by atoms with van der Waals surface area (Å²) in [5.41, 5.74) is -0.0176. The average molecular weight is 544 g/mol. The molecule has 0 saturated carbocycles. The molecule has 4 aromatic carbocycles. The Balaban J connectivity index is 1.95. The molecule has 39 heavy (non-hydrogen) atoms. The van der Waals surface area contributed by atoms with Crippen molar-refractivity contribution in [2.24, 2.45) is 4.99 Å². The molecular formula is C28H21N3O7S. The van der Waals surface area contributed by atoms with Crippen molar-refractivity contribution in [1.29, 1.82) is 0 Å². The SMILES string of the molecule is O=C(c1ccccc1)C(C(N=Cc1cccc([N+](=O)[O-])c1)c1cccc([N+](=O)[O-])c1)S(=O)(=O)c1ccccc1. The van der Waals surface area contributed by atoms with Crippen LogP contribution in [0.25, 0.3) is 0 Å². The number of Topliss-reactive ketones (excluding diaryl/α,β-unsaturated/α-hetero) is 1. The van der Waals surface area contributed by atoms with Crippen LogP contribution in [-0.4, -0.2) is 35.5 Å². The van der Waals surface area contributed by atoms with Crippen molar-refractivity contribution in [1.82, 2.24) is 0 Å². The first-order valence-corrected chi connectivity index (χ1v) is 13.1. The van der Waals surface area contributed by atoms with E-state index < -0.39 is 36.8 Å². The maximum Gasteiger partial charge on any atom is 0.270 e. The predicted octanol–water partition coefficient (Wildman–Crippen LogP) is 5.39. The summed E-state index contributed by atoms with van der Waals surface area (Å²) in [6.07, 6.45) is 1.22. The zero-order valence-electron chi connectivity index (χ0n) is 20.2. The third kappa shape index (κ3) is 6.11. The molecular weight excluding hydrogens is 522 g/mol. The highest BCUT2D eigenvalue weighted by atomic mass is 32.2. The van der Waals surface area contributed by atoms with Gasteiger partial charge in [0.2, 0.25) is 0 Å². The van der Waals surface area contributed by atoms with E-state index in [0.717, 1.165) is 0 Å². The minimum atomic E-state index is -4.40. The molecule has 4 rings (SSSR count). The number of nitrogens with zero attached hydrogens (tertiary/aromatic N) is 3. The van der Waals surface area contributed by atoms with Crippen molar-refractivity contribution in [3.63, 3.8) is 0 Å². The Morgan fingerprint density at radius 3 is 1.92 bits per heavy atom. The summed E-state index contributed by atoms with van der Waals surface area (Å²) in [6, 6.07) is 24.5. The van der Waals surface area contributed by atoms with Gasteiger partial charge in [0.25, 0.3) is 11.4 Å². The molecule has 0 saturated heterocycles. The van der Waals surface area contributed by atoms with Crippen molar-refractivity contribution < 1.29 is 23.1 Å². The smallest absolute Gasteiger partial charge is 0.270 e. The van der Waals surface area contributed by atoms with Gasteiger partial charge in [-0.2, -0.15) is 0 Å². The van der Waals surface area contributed by atoms with Gasteiger partial charge in [-0.3, -0.25) is 30.0 Å². The molecule has 0 N–H and O–H groups in total. The lowest BCUT2D eigenvalue weighted by Crippen LogP contribution is -2.36. The molecule has 196 valence electrons. The zero-order valence-corrected chi connectivity index (χ0v) is 21.0. The third-order valence-corrected chi connectivity index (χ3v) is 7.97. The number of sulfone groups is 1. The summed E-state index contributed by atoms with van der Waals surface area (Å²) >= 11 is 0. The topological polar surface area (TPSA) is 150 Å². The first-order valence-electron chi connectivity index (χ1n) is 11.6. The van der Waals surface area contributed by atoms with Crippen LogP contribution < -0.4 is 0 Å². The summed E-state index contributed by atoms with van der Waals surface area (Å²) in [7, 11) is -4.40. The summed E-state index contributed by atoms with van der Waals surface area (Å²) in [5, 5.41) is 20.9. The van der Waals surface area contributed by atoms with Crippen molar-refractivity contribution in [3.8, 4) is 0 Å². The van der Waals surface area contributed by atoms with E-state index in [-0.39, 0.29) is 33.0 Å². The summed E-state index contributed by atoms with van der Waals surface area (Å²) in [6.45, 7) is 0. The number of carbonyl (C=O) groups is 1. The number of aliphatic imine (C=N–C) groups is 1. The molecule has 0 spiro atoms. The number of nitro groups is 2. The predicted molar refractivity (Wildman–Crippen MR) is 145 cm³/mol. The Bertz CT molecular complexity index is 1660. The maximum atomic E-state index is 14.0. The number of ketones is 1. The van der Waals surface area contributed by atoms with Crippen LogP contribution in [0.4, 0.5) is 11.4 Å². The first kappa shape index (κ1) is 27.0. The number of non-ortho nitro benzene ring substituents is 2. The van der Waals surface area contributed by atoms with Crippen LogP contribution in [0, 0.1) is 20.2 Å². The summed E-state index contributed by atoms with van der Waals surface area (Å²) in [5.74, 6) is -0.757. The van der Waals surface area contributed by atoms with E-state index in [9.17, 15) is 33.4 Å². The van der Waals surface area contributed by atoms with Crippen LogP contribution in [0.15, 0.2) is 119 Å². The van der Waals surface area contributed by atoms with E-state index in [2.05, 4.69) is 4.99 Å². The average Bonchev–Trinajstić information content (AvgIpc) is 2.96. The molecule has 0 amide bonds. The molecule has 0 radical (unpaired) electrons. The van der Waals surface area contributed by atoms with E-state index >= 15 is 0 Å². The summed E-state index contributed by atoms with van der Waals surface area (Å²) < 4.78 is 28.0. The minimum absolute atomic E-state index is 0.111. The Kier molecular flexibility index (Phi) is 8.01. The highest BCUT2D eigenvalue weighted by Gasteiger charge is 2.42. The second kappa shape index (κ2) is 11.6. The van der Waals surface area contributed by atoms with Gasteiger partial charge in [-0.25, -0.2) is 8.42 Å². The number of hydrogen-bond donors (Lipinski definition) is 0. The lowest BCUT2D eigenvalue weighted by Gasteiger charge is -2.24. The molecule has 4 aromatic rings. The molecule has 0 fully saturated rings. The molecule has 2 atom stereocenters. The van der Waals surface area contributed by atoms with Gasteiger partial charge in [-0.05, 0) is 23.3 Å². The molecule has 2 unspecified atom stereocenters. The molecule has 11 heteroatoms. The van der Waals surface area contributed by atoms with Crippen LogP contribution in [0.5, 0.6) is 0 Å². The Hall–Kier alpha value is -5.03. The molecule has 0 heterocycles. The normalized spacial score (nSPS) is 13.0. The third-order valence-electron chi connectivity index (χ3n) is 5.90. The van der Waals surface area contributed by atoms with Gasteiger partial charge in [0.1, 0.15) is 0 Å². The monoisotopic (exact) mass is 543 g/mol. The van der Waals surface area contributed by atoms with Crippen LogP contribution in [0.1, 0.15) is 27.5 Å². The quantitative estimate of drug-likeness (QED) is 0.113. The van der Waals surface area contributed by atoms with Crippen LogP contribution >= 0.6 is 0 Å². The zero-order chi connectivity index (χ0) is 28.0. The van der Waals surface area contributed by atoms with Crippen LogP contribution in [0.2, 0.25) is 0 Å². The fourth-order valence-corrected chi connectivity index (χ4v) is 5.84. The number of nitro benzene ring substituents is 2. The highest BCUT2D eigenvalue weighted by molar-refractivity contribution is 7.93. The van der Waals surface area contributed by atoms with Gasteiger partial charge >= 0.3 is 0 Å². The minimum Gasteiger partial charge on any atom is -0.293 e. The first-order chi connectivity index (χ1) is 18.7. The largest absolute Gasteiger partial charge is 0.293 e. The van der Waals surface area contributed by atoms with Gasteiger partial charge in [0, 0.05) is 36.0 Å². The van der Waals surface area contributed by atoms with E-state index in [1.807, 2.05) is 0 Å². The van der Waals surface area contributed by atoms with Crippen LogP contribution in [-0.2, 0) is 9.84 Å². The lowest BCUT2D eigenvalue weighted by atomic mass is 9.97. The van der Waals surface area contributed by atoms with Crippen molar-refractivity contribution in [2.75, 3.05) is 0 Å². The second-order valence-electron chi connectivity index (χ2n) is 8.44. The van der Waals surface area contributed by atoms with E-state index in [0.29, 0.717) is 0 Å². The number of benzene rings is 4. The lowest BCUT2D eigenvalue weighted by molar-refractivity contribution is -0.385. The van der Waals surface area contributed by atoms with Crippen molar-refractivity contribution >= 4 is 33.2 Å². The fraction of sp³-hybridized carbons (Fsp3) is 0.0714. The van der Waals surface area contributed by atoms with Gasteiger partial charge in [0.15, 0.2) is 20.9 Å². The highest BCUT2D eigenvalue weighted by Crippen LogP contribution is 2.34. The summed E-state index contributed by atoms with van der Waals surface area (Å²) in [4.78, 5) is 39.7. The number of carbonyl (C=O) groups excluding carboxylic acids is 1. The molecule has 0 aliphatic heterocycles. The van der Waals surface area contributed by atoms with Gasteiger partial charge < -0.3 is 0 Å². The molecule has 10 nitrogen and oxygen atoms in total. The fourth-order valence-electron chi connectivity index (χ4n) is 4.02. The maximum absolute atomic E-state index is 14.0. The molecule has 0 aliphatic carbocycles. The standard InChI is InChI=1S/C28H21N3O7S/c32-27(21-10-3-1-4-11-21)28(39(37,38)25-15-5-2-6-16-25)26(22-12-8-14-24(18-22)31(35)36)29-19-20-9-7-13-23(17-20)30(33)34/h1-19,26,28H. The van der Waals surface area contributed by atoms with E-state index in [1.165, 1.54) is 91.1 Å². The Morgan fingerprint density at radius 2 is 1.31 bits per heavy atom. The van der Waals surface area contributed by atoms with E-state index in [4.69, 9.17) is 0 Å².